The van der Waals surface area contributed by atoms with Gasteiger partial charge in [0.1, 0.15) is 36.1 Å². The minimum absolute atomic E-state index is 0.0602. The summed E-state index contributed by atoms with van der Waals surface area (Å²) in [5.74, 6) is 0.380. The average molecular weight is 741 g/mol. The van der Waals surface area contributed by atoms with E-state index < -0.39 is 22.5 Å². The Morgan fingerprint density at radius 1 is 1.02 bits per heavy atom. The highest BCUT2D eigenvalue weighted by Gasteiger charge is 2.52. The Kier molecular flexibility index (Phi) is 10.8. The zero-order valence-electron chi connectivity index (χ0n) is 30.8. The normalized spacial score (nSPS) is 23.4. The standard InChI is InChI=1S/C37H53ClN4O6Si2/c1-37(2,3)50(7,8)48-31-22-46-34-30(21-45-35(31)34)47-36-27(20-39)33-29(42(36)23-44-17-18-49(4,5)6)19-28(38)32(40-33)24-9-11-25(12-10-24)41-15-13-26(43)14-16-41/h9-12,19,26,30-31,34-35,43H,13-18,21-23H2,1-8H3/t30-,31-,34-,35-/m1/s1. The first-order valence-corrected chi connectivity index (χ1v) is 24.9. The zero-order chi connectivity index (χ0) is 36.0. The fourth-order valence-corrected chi connectivity index (χ4v) is 8.91. The Labute approximate surface area is 303 Å². The maximum atomic E-state index is 10.6. The average Bonchev–Trinajstić information content (AvgIpc) is 3.71. The number of pyridine rings is 1. The molecule has 2 aromatic heterocycles. The molecule has 13 heteroatoms. The van der Waals surface area contributed by atoms with Crippen molar-refractivity contribution >= 4 is 44.7 Å². The van der Waals surface area contributed by atoms with Gasteiger partial charge < -0.3 is 33.4 Å². The summed E-state index contributed by atoms with van der Waals surface area (Å²) >= 11 is 6.96. The van der Waals surface area contributed by atoms with Gasteiger partial charge in [0.2, 0.25) is 5.88 Å². The maximum absolute atomic E-state index is 10.6. The van der Waals surface area contributed by atoms with Crippen molar-refractivity contribution in [2.75, 3.05) is 37.8 Å². The molecule has 4 atom stereocenters. The Hall–Kier alpha value is -2.48. The lowest BCUT2D eigenvalue weighted by Crippen LogP contribution is -2.47. The van der Waals surface area contributed by atoms with Crippen LogP contribution in [0.25, 0.3) is 22.3 Å². The van der Waals surface area contributed by atoms with Gasteiger partial charge in [-0.05, 0) is 55.2 Å². The SMILES string of the molecule is CC(C)(C)[Si](C)(C)O[C@@H]1CO[C@H]2[C@@H]1OC[C@H]2Oc1c(C#N)c2nc(-c3ccc(N4CCC(O)CC4)cc3)c(Cl)cc2n1COCC[Si](C)(C)C. The fraction of sp³-hybridized carbons (Fsp3) is 0.622. The van der Waals surface area contributed by atoms with Gasteiger partial charge in [-0.15, -0.1) is 0 Å². The predicted octanol–water partition coefficient (Wildman–Crippen LogP) is 7.44. The number of rotatable bonds is 11. The van der Waals surface area contributed by atoms with Crippen LogP contribution in [0.3, 0.4) is 0 Å². The van der Waals surface area contributed by atoms with Crippen LogP contribution >= 0.6 is 11.6 Å². The molecule has 50 heavy (non-hydrogen) atoms. The van der Waals surface area contributed by atoms with E-state index in [-0.39, 0.29) is 36.2 Å². The summed E-state index contributed by atoms with van der Waals surface area (Å²) in [6, 6.07) is 13.4. The van der Waals surface area contributed by atoms with E-state index in [0.29, 0.717) is 53.0 Å². The highest BCUT2D eigenvalue weighted by Crippen LogP contribution is 2.42. The smallest absolute Gasteiger partial charge is 0.217 e. The van der Waals surface area contributed by atoms with E-state index in [1.807, 2.05) is 22.8 Å². The van der Waals surface area contributed by atoms with Crippen LogP contribution in [0.2, 0.25) is 48.8 Å². The second kappa shape index (κ2) is 14.5. The summed E-state index contributed by atoms with van der Waals surface area (Å²) in [6.07, 6.45) is 0.107. The molecule has 3 aromatic rings. The molecule has 5 heterocycles. The molecule has 3 fully saturated rings. The summed E-state index contributed by atoms with van der Waals surface area (Å²) in [4.78, 5) is 7.28. The third-order valence-corrected chi connectivity index (χ3v) is 17.2. The van der Waals surface area contributed by atoms with Crippen LogP contribution < -0.4 is 9.64 Å². The van der Waals surface area contributed by atoms with Crippen LogP contribution in [0.4, 0.5) is 5.69 Å². The number of aromatic nitrogens is 2. The van der Waals surface area contributed by atoms with Crippen LogP contribution in [0.1, 0.15) is 39.2 Å². The molecule has 0 saturated carbocycles. The molecule has 0 radical (unpaired) electrons. The Bertz CT molecular complexity index is 1710. The predicted molar refractivity (Wildman–Crippen MR) is 202 cm³/mol. The molecule has 6 rings (SSSR count). The molecule has 10 nitrogen and oxygen atoms in total. The molecule has 1 N–H and O–H groups in total. The highest BCUT2D eigenvalue weighted by atomic mass is 35.5. The Balaban J connectivity index is 1.30. The first-order chi connectivity index (χ1) is 23.6. The lowest BCUT2D eigenvalue weighted by molar-refractivity contribution is 0.00849. The number of hydrogen-bond donors (Lipinski definition) is 1. The molecular formula is C37H53ClN4O6Si2. The van der Waals surface area contributed by atoms with Gasteiger partial charge in [-0.25, -0.2) is 4.98 Å². The third-order valence-electron chi connectivity index (χ3n) is 10.7. The van der Waals surface area contributed by atoms with E-state index in [1.165, 1.54) is 0 Å². The second-order valence-corrected chi connectivity index (χ2v) is 27.5. The number of ether oxygens (including phenoxy) is 4. The van der Waals surface area contributed by atoms with Crippen LogP contribution in [0, 0.1) is 11.3 Å². The van der Waals surface area contributed by atoms with Crippen LogP contribution in [-0.2, 0) is 25.4 Å². The molecule has 3 aliphatic rings. The minimum atomic E-state index is -2.05. The van der Waals surface area contributed by atoms with Crippen molar-refractivity contribution in [2.24, 2.45) is 0 Å². The number of fused-ring (bicyclic) bond motifs is 2. The molecule has 0 bridgehead atoms. The number of hydrogen-bond acceptors (Lipinski definition) is 9. The lowest BCUT2D eigenvalue weighted by atomic mass is 10.1. The molecule has 0 unspecified atom stereocenters. The first kappa shape index (κ1) is 37.3. The van der Waals surface area contributed by atoms with Gasteiger partial charge in [0.15, 0.2) is 14.4 Å². The van der Waals surface area contributed by atoms with Gasteiger partial charge in [0.25, 0.3) is 0 Å². The monoisotopic (exact) mass is 740 g/mol. The summed E-state index contributed by atoms with van der Waals surface area (Å²) in [7, 11) is -3.38. The van der Waals surface area contributed by atoms with Crippen LogP contribution in [-0.4, -0.2) is 94.5 Å². The van der Waals surface area contributed by atoms with Gasteiger partial charge in [0, 0.05) is 39.0 Å². The van der Waals surface area contributed by atoms with Crippen LogP contribution in [0.5, 0.6) is 5.88 Å². The van der Waals surface area contributed by atoms with E-state index in [2.05, 4.69) is 76.6 Å². The Morgan fingerprint density at radius 2 is 1.66 bits per heavy atom. The molecular weight excluding hydrogens is 688 g/mol. The summed E-state index contributed by atoms with van der Waals surface area (Å²) in [6.45, 7) is 21.3. The van der Waals surface area contributed by atoms with Crippen molar-refractivity contribution in [3.63, 3.8) is 0 Å². The second-order valence-electron chi connectivity index (χ2n) is 16.7. The number of nitriles is 1. The Morgan fingerprint density at radius 3 is 2.28 bits per heavy atom. The number of nitrogens with zero attached hydrogens (tertiary/aromatic N) is 4. The van der Waals surface area contributed by atoms with E-state index in [0.717, 1.165) is 43.2 Å². The molecule has 272 valence electrons. The largest absolute Gasteiger partial charge is 0.469 e. The molecule has 1 aromatic carbocycles. The number of piperidine rings is 1. The van der Waals surface area contributed by atoms with Crippen molar-refractivity contribution in [3.05, 3.63) is 40.9 Å². The van der Waals surface area contributed by atoms with Crippen molar-refractivity contribution in [3.8, 4) is 23.2 Å². The van der Waals surface area contributed by atoms with E-state index in [9.17, 15) is 10.4 Å². The summed E-state index contributed by atoms with van der Waals surface area (Å²) in [5.41, 5.74) is 4.04. The van der Waals surface area contributed by atoms with Crippen molar-refractivity contribution in [1.29, 1.82) is 5.26 Å². The number of aliphatic hydroxyl groups excluding tert-OH is 1. The summed E-state index contributed by atoms with van der Waals surface area (Å²) in [5, 5.41) is 21.0. The van der Waals surface area contributed by atoms with E-state index >= 15 is 0 Å². The van der Waals surface area contributed by atoms with Crippen molar-refractivity contribution < 1.29 is 28.5 Å². The first-order valence-electron chi connectivity index (χ1n) is 17.9. The molecule has 0 aliphatic carbocycles. The van der Waals surface area contributed by atoms with Gasteiger partial charge in [0.05, 0.1) is 41.7 Å². The minimum Gasteiger partial charge on any atom is -0.469 e. The van der Waals surface area contributed by atoms with Crippen molar-refractivity contribution in [1.82, 2.24) is 9.55 Å². The molecule has 0 amide bonds. The maximum Gasteiger partial charge on any atom is 0.217 e. The van der Waals surface area contributed by atoms with E-state index in [4.69, 9.17) is 40.0 Å². The zero-order valence-corrected chi connectivity index (χ0v) is 33.5. The third kappa shape index (κ3) is 7.81. The fourth-order valence-electron chi connectivity index (χ4n) is 6.59. The van der Waals surface area contributed by atoms with Gasteiger partial charge >= 0.3 is 0 Å². The van der Waals surface area contributed by atoms with Gasteiger partial charge in [-0.3, -0.25) is 4.57 Å². The van der Waals surface area contributed by atoms with Crippen LogP contribution in [0.15, 0.2) is 30.3 Å². The molecule has 0 spiro atoms. The lowest BCUT2D eigenvalue weighted by Gasteiger charge is -2.39. The molecule has 3 saturated heterocycles. The van der Waals surface area contributed by atoms with Gasteiger partial charge in [-0.2, -0.15) is 5.26 Å². The highest BCUT2D eigenvalue weighted by molar-refractivity contribution is 6.76. The number of aliphatic hydroxyl groups is 1. The number of benzene rings is 1. The quantitative estimate of drug-likeness (QED) is 0.158. The topological polar surface area (TPSA) is 111 Å². The number of anilines is 1. The van der Waals surface area contributed by atoms with E-state index in [1.54, 1.807) is 0 Å². The van der Waals surface area contributed by atoms with Gasteiger partial charge in [-0.1, -0.05) is 64.1 Å². The summed E-state index contributed by atoms with van der Waals surface area (Å²) < 4.78 is 34.1. The molecule has 3 aliphatic heterocycles. The van der Waals surface area contributed by atoms with Crippen molar-refractivity contribution in [2.45, 2.75) is 115 Å². The number of halogens is 1.